The molecule has 2 aromatic heterocycles. The number of hydrogen-bond donors (Lipinski definition) is 2. The van der Waals surface area contributed by atoms with Gasteiger partial charge in [0.25, 0.3) is 0 Å². The van der Waals surface area contributed by atoms with Gasteiger partial charge in [-0.3, -0.25) is 9.78 Å². The quantitative estimate of drug-likeness (QED) is 0.830. The summed E-state index contributed by atoms with van der Waals surface area (Å²) in [4.78, 5) is 19.5. The Labute approximate surface area is 136 Å². The molecule has 0 saturated heterocycles. The number of aliphatic hydroxyl groups is 1. The molecule has 9 heteroatoms. The van der Waals surface area contributed by atoms with Crippen molar-refractivity contribution in [1.29, 1.82) is 0 Å². The SMILES string of the molecule is Cn1ccnc1[C@](O)(CC(=O)NCCc1ccccn1)C(F)(F)F. The Kier molecular flexibility index (Phi) is 5.23. The fraction of sp³-hybridized carbons (Fsp3) is 0.400. The molecule has 2 heterocycles. The number of alkyl halides is 3. The number of rotatable bonds is 6. The van der Waals surface area contributed by atoms with Crippen molar-refractivity contribution >= 4 is 5.91 Å². The molecule has 0 aromatic carbocycles. The van der Waals surface area contributed by atoms with E-state index in [0.29, 0.717) is 12.1 Å². The molecule has 2 rings (SSSR count). The second-order valence-electron chi connectivity index (χ2n) is 5.32. The van der Waals surface area contributed by atoms with Crippen molar-refractivity contribution in [3.05, 3.63) is 48.3 Å². The van der Waals surface area contributed by atoms with Crippen LogP contribution in [0.25, 0.3) is 0 Å². The van der Waals surface area contributed by atoms with Crippen LogP contribution in [0.3, 0.4) is 0 Å². The van der Waals surface area contributed by atoms with Crippen LogP contribution in [-0.4, -0.2) is 38.3 Å². The zero-order valence-corrected chi connectivity index (χ0v) is 12.9. The standard InChI is InChI=1S/C15H17F3N4O2/c1-22-9-8-21-13(22)14(24,15(16,17)18)10-12(23)20-7-5-11-4-2-3-6-19-11/h2-4,6,8-9,24H,5,7,10H2,1H3,(H,20,23)/t14-/m1/s1. The van der Waals surface area contributed by atoms with Crippen molar-refractivity contribution in [2.24, 2.45) is 7.05 Å². The van der Waals surface area contributed by atoms with E-state index >= 15 is 0 Å². The van der Waals surface area contributed by atoms with Crippen LogP contribution in [0, 0.1) is 0 Å². The molecule has 0 aliphatic carbocycles. The second kappa shape index (κ2) is 7.00. The van der Waals surface area contributed by atoms with Gasteiger partial charge in [0.1, 0.15) is 0 Å². The molecule has 0 saturated carbocycles. The maximum atomic E-state index is 13.3. The minimum atomic E-state index is -5.04. The van der Waals surface area contributed by atoms with E-state index in [1.807, 2.05) is 0 Å². The lowest BCUT2D eigenvalue weighted by atomic mass is 9.97. The van der Waals surface area contributed by atoms with E-state index < -0.39 is 29.9 Å². The lowest BCUT2D eigenvalue weighted by Gasteiger charge is -2.29. The number of nitrogens with zero attached hydrogens (tertiary/aromatic N) is 3. The van der Waals surface area contributed by atoms with Gasteiger partial charge in [-0.25, -0.2) is 4.98 Å². The van der Waals surface area contributed by atoms with Gasteiger partial charge in [-0.15, -0.1) is 0 Å². The summed E-state index contributed by atoms with van der Waals surface area (Å²) in [5.74, 6) is -1.55. The smallest absolute Gasteiger partial charge is 0.374 e. The monoisotopic (exact) mass is 342 g/mol. The Balaban J connectivity index is 2.02. The Hall–Kier alpha value is -2.42. The molecule has 0 fully saturated rings. The Morgan fingerprint density at radius 3 is 2.58 bits per heavy atom. The number of aromatic nitrogens is 3. The number of pyridine rings is 1. The van der Waals surface area contributed by atoms with Crippen molar-refractivity contribution in [2.75, 3.05) is 6.54 Å². The van der Waals surface area contributed by atoms with Gasteiger partial charge in [0.15, 0.2) is 5.82 Å². The number of halogens is 3. The minimum absolute atomic E-state index is 0.115. The van der Waals surface area contributed by atoms with Crippen LogP contribution in [0.1, 0.15) is 17.9 Å². The predicted octanol–water partition coefficient (Wildman–Crippen LogP) is 1.31. The summed E-state index contributed by atoms with van der Waals surface area (Å²) in [6.45, 7) is 0.115. The molecule has 0 unspecified atom stereocenters. The van der Waals surface area contributed by atoms with Gasteiger partial charge in [-0.1, -0.05) is 6.07 Å². The highest BCUT2D eigenvalue weighted by Gasteiger charge is 2.58. The fourth-order valence-electron chi connectivity index (χ4n) is 2.24. The van der Waals surface area contributed by atoms with Crippen LogP contribution < -0.4 is 5.32 Å². The maximum Gasteiger partial charge on any atom is 0.425 e. The van der Waals surface area contributed by atoms with E-state index in [1.165, 1.54) is 13.2 Å². The number of hydrogen-bond acceptors (Lipinski definition) is 4. The average molecular weight is 342 g/mol. The summed E-state index contributed by atoms with van der Waals surface area (Å²) >= 11 is 0. The first-order valence-electron chi connectivity index (χ1n) is 7.17. The largest absolute Gasteiger partial charge is 0.425 e. The lowest BCUT2D eigenvalue weighted by Crippen LogP contribution is -2.48. The summed E-state index contributed by atoms with van der Waals surface area (Å²) in [6, 6.07) is 5.25. The molecule has 130 valence electrons. The van der Waals surface area contributed by atoms with Gasteiger partial charge in [0.2, 0.25) is 11.5 Å². The number of amides is 1. The molecule has 0 spiro atoms. The first-order valence-corrected chi connectivity index (χ1v) is 7.17. The van der Waals surface area contributed by atoms with E-state index in [-0.39, 0.29) is 6.54 Å². The Morgan fingerprint density at radius 2 is 2.04 bits per heavy atom. The zero-order chi connectivity index (χ0) is 17.8. The van der Waals surface area contributed by atoms with Crippen molar-refractivity contribution in [2.45, 2.75) is 24.6 Å². The van der Waals surface area contributed by atoms with E-state index in [4.69, 9.17) is 0 Å². The molecular weight excluding hydrogens is 325 g/mol. The molecule has 0 aliphatic heterocycles. The van der Waals surface area contributed by atoms with Crippen LogP contribution in [0.5, 0.6) is 0 Å². The highest BCUT2D eigenvalue weighted by atomic mass is 19.4. The predicted molar refractivity (Wildman–Crippen MR) is 78.7 cm³/mol. The van der Waals surface area contributed by atoms with E-state index in [9.17, 15) is 23.1 Å². The molecule has 0 radical (unpaired) electrons. The number of carbonyl (C=O) groups is 1. The van der Waals surface area contributed by atoms with Gasteiger partial charge in [0.05, 0.1) is 6.42 Å². The number of carbonyl (C=O) groups excluding carboxylic acids is 1. The number of imidazole rings is 1. The van der Waals surface area contributed by atoms with Gasteiger partial charge in [0, 0.05) is 44.3 Å². The van der Waals surface area contributed by atoms with Crippen molar-refractivity contribution in [1.82, 2.24) is 19.9 Å². The molecule has 6 nitrogen and oxygen atoms in total. The summed E-state index contributed by atoms with van der Waals surface area (Å²) in [5, 5.41) is 12.5. The average Bonchev–Trinajstić information content (AvgIpc) is 2.93. The molecule has 1 atom stereocenters. The molecule has 1 amide bonds. The van der Waals surface area contributed by atoms with Gasteiger partial charge >= 0.3 is 6.18 Å². The van der Waals surface area contributed by atoms with Crippen molar-refractivity contribution in [3.63, 3.8) is 0 Å². The highest BCUT2D eigenvalue weighted by molar-refractivity contribution is 5.77. The highest BCUT2D eigenvalue weighted by Crippen LogP contribution is 2.40. The van der Waals surface area contributed by atoms with Crippen LogP contribution >= 0.6 is 0 Å². The van der Waals surface area contributed by atoms with Gasteiger partial charge in [-0.2, -0.15) is 13.2 Å². The third kappa shape index (κ3) is 3.91. The molecule has 2 N–H and O–H groups in total. The summed E-state index contributed by atoms with van der Waals surface area (Å²) in [6.07, 6.45) is -1.84. The maximum absolute atomic E-state index is 13.3. The third-order valence-electron chi connectivity index (χ3n) is 3.51. The molecule has 24 heavy (non-hydrogen) atoms. The fourth-order valence-corrected chi connectivity index (χ4v) is 2.24. The first kappa shape index (κ1) is 17.9. The van der Waals surface area contributed by atoms with E-state index in [2.05, 4.69) is 15.3 Å². The zero-order valence-electron chi connectivity index (χ0n) is 12.9. The van der Waals surface area contributed by atoms with Gasteiger partial charge in [-0.05, 0) is 12.1 Å². The molecule has 2 aromatic rings. The summed E-state index contributed by atoms with van der Waals surface area (Å²) in [7, 11) is 1.32. The topological polar surface area (TPSA) is 80.0 Å². The van der Waals surface area contributed by atoms with E-state index in [0.717, 1.165) is 10.8 Å². The minimum Gasteiger partial charge on any atom is -0.374 e. The normalized spacial score (nSPS) is 14.2. The van der Waals surface area contributed by atoms with Crippen molar-refractivity contribution in [3.8, 4) is 0 Å². The lowest BCUT2D eigenvalue weighted by molar-refractivity contribution is -0.271. The van der Waals surface area contributed by atoms with Crippen LogP contribution in [0.15, 0.2) is 36.8 Å². The summed E-state index contributed by atoms with van der Waals surface area (Å²) in [5.41, 5.74) is -2.65. The first-order chi connectivity index (χ1) is 11.2. The van der Waals surface area contributed by atoms with Crippen molar-refractivity contribution < 1.29 is 23.1 Å². The van der Waals surface area contributed by atoms with E-state index in [1.54, 1.807) is 24.4 Å². The van der Waals surface area contributed by atoms with Crippen LogP contribution in [0.4, 0.5) is 13.2 Å². The Morgan fingerprint density at radius 1 is 1.29 bits per heavy atom. The molecular formula is C15H17F3N4O2. The Bertz CT molecular complexity index is 688. The molecule has 0 bridgehead atoms. The summed E-state index contributed by atoms with van der Waals surface area (Å²) < 4.78 is 40.9. The van der Waals surface area contributed by atoms with Crippen LogP contribution in [0.2, 0.25) is 0 Å². The van der Waals surface area contributed by atoms with Crippen LogP contribution in [-0.2, 0) is 23.9 Å². The third-order valence-corrected chi connectivity index (χ3v) is 3.51. The molecule has 0 aliphatic rings. The van der Waals surface area contributed by atoms with Gasteiger partial charge < -0.3 is 15.0 Å². The second-order valence-corrected chi connectivity index (χ2v) is 5.32. The number of nitrogens with one attached hydrogen (secondary N) is 1. The number of aryl methyl sites for hydroxylation is 1.